The number of rotatable bonds is 1. The molecule has 3 atom stereocenters. The smallest absolute Gasteiger partial charge is 0.201 e. The van der Waals surface area contributed by atoms with Crippen LogP contribution in [0.15, 0.2) is 0 Å². The maximum Gasteiger partial charge on any atom is 0.201 e. The molecule has 2 aliphatic rings. The van der Waals surface area contributed by atoms with Gasteiger partial charge in [-0.15, -0.1) is 0 Å². The Kier molecular flexibility index (Phi) is 2.82. The SMILES string of the molecule is CC(C)(C)[C@H]1CC[C@@]2(OO)CC[C@@H](C1)O2. The molecular weight excluding hydrogens is 192 g/mol. The quantitative estimate of drug-likeness (QED) is 0.538. The van der Waals surface area contributed by atoms with Gasteiger partial charge < -0.3 is 4.74 Å². The Balaban J connectivity index is 2.08. The molecule has 0 aromatic carbocycles. The van der Waals surface area contributed by atoms with Crippen LogP contribution in [0.3, 0.4) is 0 Å². The highest BCUT2D eigenvalue weighted by molar-refractivity contribution is 4.89. The molecule has 3 heteroatoms. The fraction of sp³-hybridized carbons (Fsp3) is 1.00. The van der Waals surface area contributed by atoms with Crippen LogP contribution in [-0.4, -0.2) is 17.1 Å². The molecule has 0 aromatic heterocycles. The fourth-order valence-corrected chi connectivity index (χ4v) is 2.88. The summed E-state index contributed by atoms with van der Waals surface area (Å²) in [6, 6.07) is 0. The van der Waals surface area contributed by atoms with E-state index in [2.05, 4.69) is 25.7 Å². The maximum atomic E-state index is 8.96. The van der Waals surface area contributed by atoms with Crippen molar-refractivity contribution in [3.63, 3.8) is 0 Å². The van der Waals surface area contributed by atoms with Gasteiger partial charge in [-0.05, 0) is 30.6 Å². The van der Waals surface area contributed by atoms with E-state index in [4.69, 9.17) is 9.99 Å². The van der Waals surface area contributed by atoms with E-state index in [1.54, 1.807) is 0 Å². The van der Waals surface area contributed by atoms with Gasteiger partial charge in [-0.1, -0.05) is 20.8 Å². The van der Waals surface area contributed by atoms with Crippen molar-refractivity contribution in [3.8, 4) is 0 Å². The van der Waals surface area contributed by atoms with Crippen LogP contribution in [0.4, 0.5) is 0 Å². The Morgan fingerprint density at radius 3 is 2.53 bits per heavy atom. The average molecular weight is 214 g/mol. The highest BCUT2D eigenvalue weighted by atomic mass is 17.1. The summed E-state index contributed by atoms with van der Waals surface area (Å²) in [5.41, 5.74) is 0.324. The third kappa shape index (κ3) is 2.19. The van der Waals surface area contributed by atoms with Crippen LogP contribution in [0.5, 0.6) is 0 Å². The third-order valence-electron chi connectivity index (χ3n) is 4.04. The molecule has 2 fully saturated rings. The van der Waals surface area contributed by atoms with Crippen LogP contribution in [0, 0.1) is 11.3 Å². The number of ether oxygens (including phenoxy) is 1. The molecule has 88 valence electrons. The first-order valence-electron chi connectivity index (χ1n) is 5.96. The molecule has 0 amide bonds. The first-order chi connectivity index (χ1) is 6.95. The van der Waals surface area contributed by atoms with Gasteiger partial charge in [-0.3, -0.25) is 0 Å². The predicted molar refractivity (Wildman–Crippen MR) is 57.3 cm³/mol. The van der Waals surface area contributed by atoms with Crippen LogP contribution in [0.1, 0.15) is 52.9 Å². The second-order valence-corrected chi connectivity index (χ2v) is 6.12. The lowest BCUT2D eigenvalue weighted by Crippen LogP contribution is -2.30. The lowest BCUT2D eigenvalue weighted by Gasteiger charge is -2.31. The van der Waals surface area contributed by atoms with Crippen molar-refractivity contribution in [2.24, 2.45) is 11.3 Å². The van der Waals surface area contributed by atoms with E-state index in [0.717, 1.165) is 32.1 Å². The van der Waals surface area contributed by atoms with Crippen LogP contribution < -0.4 is 0 Å². The van der Waals surface area contributed by atoms with Gasteiger partial charge in [0.1, 0.15) is 0 Å². The average Bonchev–Trinajstić information content (AvgIpc) is 2.41. The molecule has 0 aliphatic carbocycles. The molecule has 0 aromatic rings. The van der Waals surface area contributed by atoms with Crippen LogP contribution in [0.2, 0.25) is 0 Å². The zero-order valence-corrected chi connectivity index (χ0v) is 9.95. The van der Waals surface area contributed by atoms with Crippen molar-refractivity contribution in [2.75, 3.05) is 0 Å². The minimum atomic E-state index is -0.676. The van der Waals surface area contributed by atoms with Crippen molar-refractivity contribution >= 4 is 0 Å². The van der Waals surface area contributed by atoms with Crippen molar-refractivity contribution in [1.82, 2.24) is 0 Å². The van der Waals surface area contributed by atoms with Crippen LogP contribution >= 0.6 is 0 Å². The molecule has 3 nitrogen and oxygen atoms in total. The third-order valence-corrected chi connectivity index (χ3v) is 4.04. The van der Waals surface area contributed by atoms with Crippen LogP contribution in [0.25, 0.3) is 0 Å². The van der Waals surface area contributed by atoms with Gasteiger partial charge in [0.05, 0.1) is 6.10 Å². The van der Waals surface area contributed by atoms with E-state index >= 15 is 0 Å². The van der Waals surface area contributed by atoms with E-state index in [1.165, 1.54) is 0 Å². The van der Waals surface area contributed by atoms with Gasteiger partial charge in [-0.25, -0.2) is 10.1 Å². The van der Waals surface area contributed by atoms with E-state index < -0.39 is 5.79 Å². The first-order valence-corrected chi connectivity index (χ1v) is 5.96. The van der Waals surface area contributed by atoms with Crippen molar-refractivity contribution in [1.29, 1.82) is 0 Å². The summed E-state index contributed by atoms with van der Waals surface area (Å²) in [6.45, 7) is 6.84. The van der Waals surface area contributed by atoms with Crippen molar-refractivity contribution in [2.45, 2.75) is 64.8 Å². The maximum absolute atomic E-state index is 8.96. The van der Waals surface area contributed by atoms with E-state index in [0.29, 0.717) is 11.3 Å². The topological polar surface area (TPSA) is 38.7 Å². The molecule has 15 heavy (non-hydrogen) atoms. The standard InChI is InChI=1S/C12H22O3/c1-11(2,3)9-4-6-12(15-13)7-5-10(8-9)14-12/h9-10,13H,4-8H2,1-3H3/t9-,10-,12+/m0/s1. The first kappa shape index (κ1) is 11.4. The molecule has 0 unspecified atom stereocenters. The Bertz CT molecular complexity index is 234. The van der Waals surface area contributed by atoms with E-state index in [9.17, 15) is 0 Å². The van der Waals surface area contributed by atoms with E-state index in [1.807, 2.05) is 0 Å². The summed E-state index contributed by atoms with van der Waals surface area (Å²) in [7, 11) is 0. The number of hydrogen-bond acceptors (Lipinski definition) is 3. The molecular formula is C12H22O3. The Morgan fingerprint density at radius 1 is 1.27 bits per heavy atom. The zero-order valence-electron chi connectivity index (χ0n) is 9.95. The van der Waals surface area contributed by atoms with Gasteiger partial charge in [0.25, 0.3) is 0 Å². The molecule has 2 bridgehead atoms. The number of fused-ring (bicyclic) bond motifs is 2. The molecule has 2 aliphatic heterocycles. The molecule has 1 N–H and O–H groups in total. The van der Waals surface area contributed by atoms with Gasteiger partial charge in [-0.2, -0.15) is 0 Å². The highest BCUT2D eigenvalue weighted by Crippen LogP contribution is 2.46. The summed E-state index contributed by atoms with van der Waals surface area (Å²) >= 11 is 0. The second kappa shape index (κ2) is 3.72. The molecule has 2 heterocycles. The van der Waals surface area contributed by atoms with Crippen LogP contribution in [-0.2, 0) is 9.62 Å². The largest absolute Gasteiger partial charge is 0.344 e. The monoisotopic (exact) mass is 214 g/mol. The Hall–Kier alpha value is -0.120. The summed E-state index contributed by atoms with van der Waals surface area (Å²) in [6.07, 6.45) is 5.15. The summed E-state index contributed by atoms with van der Waals surface area (Å²) in [4.78, 5) is 4.59. The van der Waals surface area contributed by atoms with E-state index in [-0.39, 0.29) is 6.10 Å². The lowest BCUT2D eigenvalue weighted by atomic mass is 9.73. The fourth-order valence-electron chi connectivity index (χ4n) is 2.88. The number of hydrogen-bond donors (Lipinski definition) is 1. The Labute approximate surface area is 91.7 Å². The minimum Gasteiger partial charge on any atom is -0.344 e. The van der Waals surface area contributed by atoms with Crippen molar-refractivity contribution in [3.05, 3.63) is 0 Å². The summed E-state index contributed by atoms with van der Waals surface area (Å²) in [5.74, 6) is -0.00942. The molecule has 2 rings (SSSR count). The summed E-state index contributed by atoms with van der Waals surface area (Å²) in [5, 5.41) is 8.96. The van der Waals surface area contributed by atoms with Gasteiger partial charge >= 0.3 is 0 Å². The highest BCUT2D eigenvalue weighted by Gasteiger charge is 2.46. The Morgan fingerprint density at radius 2 is 1.93 bits per heavy atom. The van der Waals surface area contributed by atoms with Crippen molar-refractivity contribution < 1.29 is 14.9 Å². The van der Waals surface area contributed by atoms with Gasteiger partial charge in [0.15, 0.2) is 0 Å². The molecule has 2 saturated heterocycles. The molecule has 0 spiro atoms. The second-order valence-electron chi connectivity index (χ2n) is 6.12. The molecule has 0 saturated carbocycles. The molecule has 0 radical (unpaired) electrons. The normalized spacial score (nSPS) is 41.6. The summed E-state index contributed by atoms with van der Waals surface area (Å²) < 4.78 is 5.81. The van der Waals surface area contributed by atoms with Gasteiger partial charge in [0, 0.05) is 12.8 Å². The predicted octanol–water partition coefficient (Wildman–Crippen LogP) is 3.20. The zero-order chi connectivity index (χ0) is 11.1. The lowest BCUT2D eigenvalue weighted by molar-refractivity contribution is -0.398. The van der Waals surface area contributed by atoms with Gasteiger partial charge in [0.2, 0.25) is 5.79 Å². The minimum absolute atomic E-state index is 0.281.